The number of nitrogens with one attached hydrogen (secondary N) is 1. The molecule has 2 amide bonds. The molecule has 9 heteroatoms. The summed E-state index contributed by atoms with van der Waals surface area (Å²) >= 11 is 0. The van der Waals surface area contributed by atoms with Gasteiger partial charge in [-0.2, -0.15) is 0 Å². The molecule has 2 heterocycles. The number of sulfonamides is 1. The molecule has 156 valence electrons. The van der Waals surface area contributed by atoms with Crippen molar-refractivity contribution < 1.29 is 22.4 Å². The van der Waals surface area contributed by atoms with Gasteiger partial charge in [-0.05, 0) is 62.1 Å². The molecule has 1 saturated heterocycles. The molecule has 3 rings (SSSR count). The number of anilines is 1. The Labute approximate surface area is 170 Å². The molecule has 1 aliphatic heterocycles. The van der Waals surface area contributed by atoms with E-state index in [-0.39, 0.29) is 22.5 Å². The van der Waals surface area contributed by atoms with Gasteiger partial charge in [-0.3, -0.25) is 9.59 Å². The zero-order chi connectivity index (χ0) is 21.3. The molecule has 29 heavy (non-hydrogen) atoms. The van der Waals surface area contributed by atoms with Crippen molar-refractivity contribution in [1.29, 1.82) is 0 Å². The average molecular weight is 420 g/mol. The van der Waals surface area contributed by atoms with Crippen LogP contribution in [0.3, 0.4) is 0 Å². The highest BCUT2D eigenvalue weighted by Gasteiger charge is 2.36. The second-order valence-corrected chi connectivity index (χ2v) is 9.48. The molecule has 0 spiro atoms. The highest BCUT2D eigenvalue weighted by molar-refractivity contribution is 7.89. The number of benzene rings is 1. The number of furan rings is 1. The van der Waals surface area contributed by atoms with E-state index in [4.69, 9.17) is 4.42 Å². The third kappa shape index (κ3) is 4.06. The van der Waals surface area contributed by atoms with Gasteiger partial charge in [-0.15, -0.1) is 0 Å². The van der Waals surface area contributed by atoms with Crippen molar-refractivity contribution in [2.75, 3.05) is 26.0 Å². The summed E-state index contributed by atoms with van der Waals surface area (Å²) in [5.41, 5.74) is 1.95. The fourth-order valence-corrected chi connectivity index (χ4v) is 4.37. The molecule has 1 atom stereocenters. The number of amides is 2. The smallest absolute Gasteiger partial charge is 0.290 e. The van der Waals surface area contributed by atoms with E-state index in [2.05, 4.69) is 5.32 Å². The Morgan fingerprint density at radius 2 is 1.97 bits per heavy atom. The van der Waals surface area contributed by atoms with Gasteiger partial charge in [-0.1, -0.05) is 0 Å². The number of carbonyl (C=O) groups is 2. The number of likely N-dealkylation sites (tertiary alicyclic amines) is 1. The Balaban J connectivity index is 1.86. The van der Waals surface area contributed by atoms with Gasteiger partial charge >= 0.3 is 0 Å². The predicted molar refractivity (Wildman–Crippen MR) is 108 cm³/mol. The zero-order valence-corrected chi connectivity index (χ0v) is 17.7. The number of aryl methyl sites for hydroxylation is 1. The lowest BCUT2D eigenvalue weighted by atomic mass is 10.1. The van der Waals surface area contributed by atoms with Crippen LogP contribution < -0.4 is 5.32 Å². The van der Waals surface area contributed by atoms with Crippen LogP contribution in [-0.4, -0.2) is 56.1 Å². The topological polar surface area (TPSA) is 99.9 Å². The maximum atomic E-state index is 13.0. The molecule has 1 aromatic carbocycles. The van der Waals surface area contributed by atoms with Crippen LogP contribution in [0.15, 0.2) is 39.8 Å². The van der Waals surface area contributed by atoms with E-state index in [1.807, 2.05) is 6.92 Å². The van der Waals surface area contributed by atoms with E-state index in [9.17, 15) is 18.0 Å². The first-order valence-electron chi connectivity index (χ1n) is 9.32. The number of nitrogens with zero attached hydrogens (tertiary/aromatic N) is 2. The molecule has 0 bridgehead atoms. The van der Waals surface area contributed by atoms with Crippen molar-refractivity contribution >= 4 is 27.5 Å². The van der Waals surface area contributed by atoms with Gasteiger partial charge in [0.05, 0.1) is 11.2 Å². The number of hydrogen-bond acceptors (Lipinski definition) is 5. The van der Waals surface area contributed by atoms with Crippen LogP contribution in [0.5, 0.6) is 0 Å². The lowest BCUT2D eigenvalue weighted by Crippen LogP contribution is -2.43. The van der Waals surface area contributed by atoms with Gasteiger partial charge in [0, 0.05) is 26.3 Å². The van der Waals surface area contributed by atoms with Gasteiger partial charge in [0.1, 0.15) is 6.04 Å². The van der Waals surface area contributed by atoms with Crippen molar-refractivity contribution in [1.82, 2.24) is 9.21 Å². The number of rotatable bonds is 5. The summed E-state index contributed by atoms with van der Waals surface area (Å²) < 4.78 is 31.3. The summed E-state index contributed by atoms with van der Waals surface area (Å²) in [4.78, 5) is 27.2. The van der Waals surface area contributed by atoms with Crippen molar-refractivity contribution in [2.45, 2.75) is 37.6 Å². The lowest BCUT2D eigenvalue weighted by molar-refractivity contribution is -0.119. The highest BCUT2D eigenvalue weighted by atomic mass is 32.2. The van der Waals surface area contributed by atoms with Crippen LogP contribution in [0.4, 0.5) is 5.69 Å². The van der Waals surface area contributed by atoms with Crippen molar-refractivity contribution in [3.63, 3.8) is 0 Å². The Hall–Kier alpha value is -2.65. The van der Waals surface area contributed by atoms with E-state index < -0.39 is 16.1 Å². The summed E-state index contributed by atoms with van der Waals surface area (Å²) in [5.74, 6) is -0.482. The van der Waals surface area contributed by atoms with Gasteiger partial charge in [0.25, 0.3) is 5.91 Å². The van der Waals surface area contributed by atoms with Gasteiger partial charge in [0.15, 0.2) is 5.76 Å². The molecule has 0 saturated carbocycles. The molecule has 2 aromatic rings. The van der Waals surface area contributed by atoms with Gasteiger partial charge in [-0.25, -0.2) is 12.7 Å². The maximum absolute atomic E-state index is 13.0. The predicted octanol–water partition coefficient (Wildman–Crippen LogP) is 2.39. The molecule has 1 N–H and O–H groups in total. The molecule has 1 fully saturated rings. The standard InChI is InChI=1S/C20H25N3O5S/c1-13-11-15(29(26,27)22(3)4)12-16(14(13)2)21-19(24)17-7-5-9-23(17)20(25)18-8-6-10-28-18/h6,8,10-12,17H,5,7,9H2,1-4H3,(H,21,24)/t17-/m0/s1. The summed E-state index contributed by atoms with van der Waals surface area (Å²) in [6.45, 7) is 4.07. The van der Waals surface area contributed by atoms with E-state index >= 15 is 0 Å². The first-order valence-corrected chi connectivity index (χ1v) is 10.8. The summed E-state index contributed by atoms with van der Waals surface area (Å²) in [7, 11) is -0.727. The summed E-state index contributed by atoms with van der Waals surface area (Å²) in [5, 5.41) is 2.83. The van der Waals surface area contributed by atoms with Crippen LogP contribution >= 0.6 is 0 Å². The van der Waals surface area contributed by atoms with Crippen molar-refractivity contribution in [3.8, 4) is 0 Å². The Kier molecular flexibility index (Phi) is 5.81. The molecule has 0 aliphatic carbocycles. The third-order valence-corrected chi connectivity index (χ3v) is 7.02. The van der Waals surface area contributed by atoms with Crippen LogP contribution in [0.2, 0.25) is 0 Å². The normalized spacial score (nSPS) is 17.0. The summed E-state index contributed by atoms with van der Waals surface area (Å²) in [6.07, 6.45) is 2.66. The molecular formula is C20H25N3O5S. The highest BCUT2D eigenvalue weighted by Crippen LogP contribution is 2.27. The minimum atomic E-state index is -3.64. The van der Waals surface area contributed by atoms with Crippen LogP contribution in [0.1, 0.15) is 34.5 Å². The molecule has 1 aromatic heterocycles. The monoisotopic (exact) mass is 419 g/mol. The third-order valence-electron chi connectivity index (χ3n) is 5.23. The van der Waals surface area contributed by atoms with Crippen LogP contribution in [0.25, 0.3) is 0 Å². The summed E-state index contributed by atoms with van der Waals surface area (Å²) in [6, 6.07) is 5.60. The second-order valence-electron chi connectivity index (χ2n) is 7.32. The Bertz CT molecular complexity index is 1030. The molecule has 0 unspecified atom stereocenters. The second kappa shape index (κ2) is 8.00. The first-order chi connectivity index (χ1) is 13.6. The van der Waals surface area contributed by atoms with E-state index in [0.717, 1.165) is 15.4 Å². The zero-order valence-electron chi connectivity index (χ0n) is 16.9. The first kappa shape index (κ1) is 21.1. The number of carbonyl (C=O) groups excluding carboxylic acids is 2. The minimum absolute atomic E-state index is 0.107. The Morgan fingerprint density at radius 1 is 1.24 bits per heavy atom. The number of hydrogen-bond donors (Lipinski definition) is 1. The quantitative estimate of drug-likeness (QED) is 0.802. The van der Waals surface area contributed by atoms with Crippen LogP contribution in [0, 0.1) is 13.8 Å². The fraction of sp³-hybridized carbons (Fsp3) is 0.400. The SMILES string of the molecule is Cc1cc(S(=O)(=O)N(C)C)cc(NC(=O)[C@@H]2CCCN2C(=O)c2ccco2)c1C. The lowest BCUT2D eigenvalue weighted by Gasteiger charge is -2.24. The van der Waals surface area contributed by atoms with Crippen molar-refractivity contribution in [3.05, 3.63) is 47.4 Å². The molecular weight excluding hydrogens is 394 g/mol. The maximum Gasteiger partial charge on any atom is 0.290 e. The fourth-order valence-electron chi connectivity index (χ4n) is 3.36. The molecule has 0 radical (unpaired) electrons. The largest absolute Gasteiger partial charge is 0.459 e. The van der Waals surface area contributed by atoms with Gasteiger partial charge in [0.2, 0.25) is 15.9 Å². The molecule has 1 aliphatic rings. The molecule has 8 nitrogen and oxygen atoms in total. The van der Waals surface area contributed by atoms with E-state index in [1.165, 1.54) is 31.3 Å². The Morgan fingerprint density at radius 3 is 2.59 bits per heavy atom. The van der Waals surface area contributed by atoms with E-state index in [0.29, 0.717) is 25.1 Å². The van der Waals surface area contributed by atoms with Crippen molar-refractivity contribution in [2.24, 2.45) is 0 Å². The van der Waals surface area contributed by atoms with Crippen LogP contribution in [-0.2, 0) is 14.8 Å². The van der Waals surface area contributed by atoms with Gasteiger partial charge < -0.3 is 14.6 Å². The minimum Gasteiger partial charge on any atom is -0.459 e. The average Bonchev–Trinajstić information content (AvgIpc) is 3.36. The van der Waals surface area contributed by atoms with E-state index in [1.54, 1.807) is 25.1 Å².